The molecule has 0 aliphatic rings. The molecule has 0 saturated carbocycles. The highest BCUT2D eigenvalue weighted by Crippen LogP contribution is 2.46. The summed E-state index contributed by atoms with van der Waals surface area (Å²) in [5, 5.41) is 20.0. The Morgan fingerprint density at radius 3 is 1.75 bits per heavy atom. The highest BCUT2D eigenvalue weighted by Gasteiger charge is 2.40. The first-order chi connectivity index (χ1) is 23.7. The number of aliphatic hydroxyl groups excluding tert-OH is 1. The minimum atomic E-state index is -5.23. The van der Waals surface area contributed by atoms with Crippen molar-refractivity contribution in [3.8, 4) is 22.6 Å². The summed E-state index contributed by atoms with van der Waals surface area (Å²) in [4.78, 5) is 12.2. The fourth-order valence-corrected chi connectivity index (χ4v) is 5.45. The molecule has 0 aromatic heterocycles. The highest BCUT2D eigenvalue weighted by molar-refractivity contribution is 5.76. The van der Waals surface area contributed by atoms with E-state index in [4.69, 9.17) is 14.6 Å². The lowest BCUT2D eigenvalue weighted by atomic mass is 9.92. The maximum Gasteiger partial charge on any atom is 0.420 e. The zero-order valence-electron chi connectivity index (χ0n) is 27.8. The number of rotatable bonds is 13. The van der Waals surface area contributed by atoms with E-state index >= 15 is 0 Å². The number of carbonyl (C=O) groups is 1. The van der Waals surface area contributed by atoms with Crippen LogP contribution < -0.4 is 9.47 Å². The van der Waals surface area contributed by atoms with Crippen LogP contribution in [-0.2, 0) is 36.0 Å². The van der Waals surface area contributed by atoms with E-state index in [-0.39, 0.29) is 29.2 Å². The molecule has 3 aromatic carbocycles. The molecule has 0 bridgehead atoms. The Hall–Kier alpha value is -4.19. The Bertz CT molecular complexity index is 1680. The number of benzene rings is 3. The van der Waals surface area contributed by atoms with Crippen molar-refractivity contribution in [2.24, 2.45) is 0 Å². The van der Waals surface area contributed by atoms with Crippen molar-refractivity contribution in [3.63, 3.8) is 0 Å². The normalized spacial score (nSPS) is 14.1. The van der Waals surface area contributed by atoms with Crippen LogP contribution in [0, 0.1) is 0 Å². The van der Waals surface area contributed by atoms with Gasteiger partial charge in [0.1, 0.15) is 17.1 Å². The van der Waals surface area contributed by atoms with Crippen molar-refractivity contribution < 1.29 is 77.2 Å². The van der Waals surface area contributed by atoms with Gasteiger partial charge in [0.15, 0.2) is 0 Å². The van der Waals surface area contributed by atoms with E-state index in [1.807, 2.05) is 0 Å². The quantitative estimate of drug-likeness (QED) is 0.133. The molecule has 288 valence electrons. The van der Waals surface area contributed by atoms with E-state index in [1.54, 1.807) is 0 Å². The lowest BCUT2D eigenvalue weighted by Crippen LogP contribution is -2.42. The van der Waals surface area contributed by atoms with Crippen molar-refractivity contribution in [3.05, 3.63) is 81.9 Å². The number of methoxy groups -OCH3 is 1. The molecule has 0 aliphatic carbocycles. The molecule has 0 aliphatic heterocycles. The Labute approximate surface area is 289 Å². The molecule has 6 nitrogen and oxygen atoms in total. The van der Waals surface area contributed by atoms with Crippen molar-refractivity contribution in [2.45, 2.75) is 83.1 Å². The first-order valence-corrected chi connectivity index (χ1v) is 15.3. The second-order valence-electron chi connectivity index (χ2n) is 12.1. The van der Waals surface area contributed by atoms with Crippen molar-refractivity contribution in [1.82, 2.24) is 4.90 Å². The summed E-state index contributed by atoms with van der Waals surface area (Å²) < 4.78 is 176. The molecule has 0 saturated heterocycles. The summed E-state index contributed by atoms with van der Waals surface area (Å²) in [6.45, 7) is 3.17. The van der Waals surface area contributed by atoms with Crippen molar-refractivity contribution in [1.29, 1.82) is 0 Å². The molecular formula is C34H33F12NO5. The summed E-state index contributed by atoms with van der Waals surface area (Å²) in [6, 6.07) is 2.10. The number of halogens is 12. The molecule has 0 amide bonds. The molecule has 0 spiro atoms. The predicted octanol–water partition coefficient (Wildman–Crippen LogP) is 10.0. The SMILES string of the molecule is COc1cc(C(F)(F)F)c(OCCCC(=O)O)cc1-c1ccc(C(F)(F)F)cc1CN(C(C)C)[C@@H](C)[C@H](O)c1cc(C(F)(F)F)cc(C(F)(F)F)c1. The minimum absolute atomic E-state index is 0.125. The zero-order chi connectivity index (χ0) is 39.6. The standard InChI is InChI=1S/C34H33F12NO5/c1-17(2)47(18(3)30(50)19-10-22(32(38,39)40)13-23(11-19)33(41,42)43)16-20-12-21(31(35,36)37)7-8-24(20)25-14-28(52-9-5-6-29(48)49)26(34(44,45)46)15-27(25)51-4/h7-8,10-15,17-18,30,50H,5-6,9,16H2,1-4H3,(H,48,49)/t18-,30-/m0/s1. The van der Waals surface area contributed by atoms with Crippen LogP contribution in [0.25, 0.3) is 11.1 Å². The number of nitrogens with zero attached hydrogens (tertiary/aromatic N) is 1. The molecule has 0 unspecified atom stereocenters. The lowest BCUT2D eigenvalue weighted by molar-refractivity contribution is -0.143. The molecule has 0 fully saturated rings. The minimum Gasteiger partial charge on any atom is -0.496 e. The van der Waals surface area contributed by atoms with E-state index in [0.29, 0.717) is 30.3 Å². The van der Waals surface area contributed by atoms with Crippen LogP contribution in [0.1, 0.15) is 73.1 Å². The van der Waals surface area contributed by atoms with Crippen LogP contribution in [0.4, 0.5) is 52.7 Å². The lowest BCUT2D eigenvalue weighted by Gasteiger charge is -2.36. The number of alkyl halides is 12. The van der Waals surface area contributed by atoms with E-state index in [1.165, 1.54) is 25.7 Å². The number of hydrogen-bond acceptors (Lipinski definition) is 5. The monoisotopic (exact) mass is 763 g/mol. The van der Waals surface area contributed by atoms with Gasteiger partial charge in [-0.3, -0.25) is 9.69 Å². The number of hydrogen-bond donors (Lipinski definition) is 2. The Kier molecular flexibility index (Phi) is 12.8. The van der Waals surface area contributed by atoms with Gasteiger partial charge in [-0.2, -0.15) is 52.7 Å². The molecule has 2 N–H and O–H groups in total. The van der Waals surface area contributed by atoms with Gasteiger partial charge in [-0.25, -0.2) is 0 Å². The molecule has 3 rings (SSSR count). The van der Waals surface area contributed by atoms with Crippen LogP contribution in [0.2, 0.25) is 0 Å². The molecule has 52 heavy (non-hydrogen) atoms. The number of carboxylic acid groups (broad SMARTS) is 1. The van der Waals surface area contributed by atoms with Crippen LogP contribution in [0.15, 0.2) is 48.5 Å². The van der Waals surface area contributed by atoms with Gasteiger partial charge in [-0.05, 0) is 86.3 Å². The van der Waals surface area contributed by atoms with Crippen molar-refractivity contribution in [2.75, 3.05) is 13.7 Å². The van der Waals surface area contributed by atoms with Gasteiger partial charge < -0.3 is 19.7 Å². The smallest absolute Gasteiger partial charge is 0.420 e. The van der Waals surface area contributed by atoms with Gasteiger partial charge >= 0.3 is 30.7 Å². The zero-order valence-corrected chi connectivity index (χ0v) is 27.8. The fraction of sp³-hybridized carbons (Fsp3) is 0.441. The number of carboxylic acids is 1. The van der Waals surface area contributed by atoms with E-state index in [9.17, 15) is 62.6 Å². The van der Waals surface area contributed by atoms with Crippen LogP contribution >= 0.6 is 0 Å². The van der Waals surface area contributed by atoms with Crippen LogP contribution in [-0.4, -0.2) is 46.9 Å². The maximum absolute atomic E-state index is 14.0. The third kappa shape index (κ3) is 10.5. The summed E-state index contributed by atoms with van der Waals surface area (Å²) >= 11 is 0. The van der Waals surface area contributed by atoms with Crippen LogP contribution in [0.5, 0.6) is 11.5 Å². The highest BCUT2D eigenvalue weighted by atomic mass is 19.4. The summed E-state index contributed by atoms with van der Waals surface area (Å²) in [5.74, 6) is -2.50. The first-order valence-electron chi connectivity index (χ1n) is 15.3. The van der Waals surface area contributed by atoms with Gasteiger partial charge in [0.25, 0.3) is 0 Å². The molecular weight excluding hydrogens is 730 g/mol. The summed E-state index contributed by atoms with van der Waals surface area (Å²) in [6.07, 6.45) is -23.1. The third-order valence-corrected chi connectivity index (χ3v) is 8.07. The topological polar surface area (TPSA) is 79.2 Å². The van der Waals surface area contributed by atoms with E-state index in [0.717, 1.165) is 19.2 Å². The molecule has 0 radical (unpaired) electrons. The Morgan fingerprint density at radius 2 is 1.29 bits per heavy atom. The number of aliphatic hydroxyl groups is 1. The second-order valence-corrected chi connectivity index (χ2v) is 12.1. The molecule has 0 heterocycles. The average molecular weight is 764 g/mol. The largest absolute Gasteiger partial charge is 0.496 e. The predicted molar refractivity (Wildman–Crippen MR) is 162 cm³/mol. The van der Waals surface area contributed by atoms with Gasteiger partial charge in [0, 0.05) is 30.6 Å². The Morgan fingerprint density at radius 1 is 0.731 bits per heavy atom. The fourth-order valence-electron chi connectivity index (χ4n) is 5.45. The number of ether oxygens (including phenoxy) is 2. The van der Waals surface area contributed by atoms with E-state index in [2.05, 4.69) is 0 Å². The van der Waals surface area contributed by atoms with Gasteiger partial charge in [0.05, 0.1) is 36.5 Å². The van der Waals surface area contributed by atoms with Gasteiger partial charge in [-0.15, -0.1) is 0 Å². The summed E-state index contributed by atoms with van der Waals surface area (Å²) in [5.41, 5.74) is -7.26. The van der Waals surface area contributed by atoms with Crippen molar-refractivity contribution >= 4 is 5.97 Å². The van der Waals surface area contributed by atoms with Gasteiger partial charge in [0.2, 0.25) is 0 Å². The first kappa shape index (κ1) is 42.2. The second kappa shape index (κ2) is 15.8. The van der Waals surface area contributed by atoms with E-state index < -0.39 is 108 Å². The van der Waals surface area contributed by atoms with Crippen LogP contribution in [0.3, 0.4) is 0 Å². The number of aliphatic carboxylic acids is 1. The maximum atomic E-state index is 14.0. The average Bonchev–Trinajstić information content (AvgIpc) is 3.02. The Balaban J connectivity index is 2.21. The summed E-state index contributed by atoms with van der Waals surface area (Å²) in [7, 11) is 0.999. The third-order valence-electron chi connectivity index (χ3n) is 8.07. The molecule has 18 heteroatoms. The molecule has 3 aromatic rings. The van der Waals surface area contributed by atoms with Gasteiger partial charge in [-0.1, -0.05) is 6.07 Å². The molecule has 2 atom stereocenters.